The minimum atomic E-state index is -1.01. The molecule has 3 aromatic carbocycles. The van der Waals surface area contributed by atoms with Gasteiger partial charge in [0.05, 0.1) is 24.1 Å². The summed E-state index contributed by atoms with van der Waals surface area (Å²) in [5, 5.41) is 9.05. The predicted molar refractivity (Wildman–Crippen MR) is 146 cm³/mol. The number of hydrogen-bond donors (Lipinski definition) is 3. The molecule has 0 saturated carbocycles. The molecule has 3 amide bonds. The molecule has 0 aliphatic heterocycles. The first kappa shape index (κ1) is 27.2. The van der Waals surface area contributed by atoms with Crippen molar-refractivity contribution in [3.05, 3.63) is 95.0 Å². The molecule has 0 unspecified atom stereocenters. The van der Waals surface area contributed by atoms with Gasteiger partial charge in [-0.2, -0.15) is 5.10 Å². The van der Waals surface area contributed by atoms with Crippen molar-refractivity contribution in [2.24, 2.45) is 5.10 Å². The molecular weight excluding hydrogens is 540 g/mol. The van der Waals surface area contributed by atoms with E-state index in [2.05, 4.69) is 43.7 Å². The Labute approximate surface area is 222 Å². The lowest BCUT2D eigenvalue weighted by Crippen LogP contribution is -2.33. The van der Waals surface area contributed by atoms with Crippen molar-refractivity contribution in [1.29, 1.82) is 0 Å². The van der Waals surface area contributed by atoms with Crippen molar-refractivity contribution in [3.8, 4) is 11.5 Å². The number of nitrogens with one attached hydrogen (secondary N) is 3. The van der Waals surface area contributed by atoms with Crippen LogP contribution in [0.15, 0.2) is 89.0 Å². The lowest BCUT2D eigenvalue weighted by atomic mass is 10.1. The van der Waals surface area contributed by atoms with Crippen LogP contribution in [-0.2, 0) is 9.59 Å². The Morgan fingerprint density at radius 2 is 1.73 bits per heavy atom. The van der Waals surface area contributed by atoms with Crippen LogP contribution in [-0.4, -0.2) is 37.1 Å². The van der Waals surface area contributed by atoms with Crippen LogP contribution in [0.2, 0.25) is 0 Å². The maximum atomic E-state index is 12.8. The molecule has 9 nitrogen and oxygen atoms in total. The van der Waals surface area contributed by atoms with E-state index in [9.17, 15) is 14.4 Å². The van der Waals surface area contributed by atoms with E-state index in [4.69, 9.17) is 9.47 Å². The standard InChI is InChI=1S/C27H25BrN4O5/c1-3-15-37-24-14-9-19(28)16-18(24)17-29-32-27(35)26(34)31-23-8-6-5-7-22(23)25(33)30-20-10-12-21(13-11-20)36-4-2/h3,5-14,16-17H,1,4,15H2,2H3,(H,30,33)(H,31,34)(H,32,35). The number of amides is 3. The number of nitrogens with zero attached hydrogens (tertiary/aromatic N) is 1. The SMILES string of the molecule is C=CCOc1ccc(Br)cc1C=NNC(=O)C(=O)Nc1ccccc1C(=O)Nc1ccc(OCC)cc1. The highest BCUT2D eigenvalue weighted by Gasteiger charge is 2.18. The largest absolute Gasteiger partial charge is 0.494 e. The highest BCUT2D eigenvalue weighted by Crippen LogP contribution is 2.22. The number of carbonyl (C=O) groups is 3. The van der Waals surface area contributed by atoms with Gasteiger partial charge in [-0.05, 0) is 61.5 Å². The Bertz CT molecular complexity index is 1310. The average molecular weight is 565 g/mol. The number of hydrogen-bond acceptors (Lipinski definition) is 6. The quantitative estimate of drug-likeness (QED) is 0.142. The van der Waals surface area contributed by atoms with Crippen LogP contribution in [0, 0.1) is 0 Å². The fraction of sp³-hybridized carbons (Fsp3) is 0.111. The molecule has 3 aromatic rings. The minimum absolute atomic E-state index is 0.169. The van der Waals surface area contributed by atoms with Crippen LogP contribution in [0.25, 0.3) is 0 Å². The van der Waals surface area contributed by atoms with E-state index in [-0.39, 0.29) is 11.3 Å². The average Bonchev–Trinajstić information content (AvgIpc) is 2.89. The zero-order chi connectivity index (χ0) is 26.6. The first-order valence-electron chi connectivity index (χ1n) is 11.2. The minimum Gasteiger partial charge on any atom is -0.494 e. The van der Waals surface area contributed by atoms with Gasteiger partial charge in [-0.1, -0.05) is 40.7 Å². The lowest BCUT2D eigenvalue weighted by molar-refractivity contribution is -0.136. The van der Waals surface area contributed by atoms with Crippen molar-refractivity contribution in [1.82, 2.24) is 5.43 Å². The Hall–Kier alpha value is -4.44. The Morgan fingerprint density at radius 1 is 0.973 bits per heavy atom. The van der Waals surface area contributed by atoms with Crippen LogP contribution in [0.1, 0.15) is 22.8 Å². The molecule has 0 fully saturated rings. The number of ether oxygens (including phenoxy) is 2. The fourth-order valence-corrected chi connectivity index (χ4v) is 3.46. The molecule has 0 bridgehead atoms. The predicted octanol–water partition coefficient (Wildman–Crippen LogP) is 4.75. The molecule has 10 heteroatoms. The summed E-state index contributed by atoms with van der Waals surface area (Å²) in [4.78, 5) is 37.6. The van der Waals surface area contributed by atoms with Crippen LogP contribution in [0.4, 0.5) is 11.4 Å². The molecule has 0 aromatic heterocycles. The van der Waals surface area contributed by atoms with E-state index in [1.54, 1.807) is 60.7 Å². The first-order valence-corrected chi connectivity index (χ1v) is 12.0. The molecule has 0 spiro atoms. The molecule has 190 valence electrons. The molecule has 0 saturated heterocycles. The number of anilines is 2. The summed E-state index contributed by atoms with van der Waals surface area (Å²) >= 11 is 3.37. The molecule has 3 rings (SSSR count). The number of carbonyl (C=O) groups excluding carboxylic acids is 3. The zero-order valence-corrected chi connectivity index (χ0v) is 21.6. The van der Waals surface area contributed by atoms with Gasteiger partial charge in [-0.15, -0.1) is 0 Å². The molecule has 0 heterocycles. The Balaban J connectivity index is 1.63. The number of para-hydroxylation sites is 1. The summed E-state index contributed by atoms with van der Waals surface area (Å²) in [6.07, 6.45) is 2.96. The fourth-order valence-electron chi connectivity index (χ4n) is 3.08. The van der Waals surface area contributed by atoms with Crippen molar-refractivity contribution in [2.75, 3.05) is 23.8 Å². The van der Waals surface area contributed by atoms with E-state index >= 15 is 0 Å². The monoisotopic (exact) mass is 564 g/mol. The number of rotatable bonds is 10. The maximum absolute atomic E-state index is 12.8. The van der Waals surface area contributed by atoms with Crippen LogP contribution in [0.5, 0.6) is 11.5 Å². The van der Waals surface area contributed by atoms with E-state index < -0.39 is 17.7 Å². The van der Waals surface area contributed by atoms with Crippen LogP contribution >= 0.6 is 15.9 Å². The van der Waals surface area contributed by atoms with Crippen LogP contribution in [0.3, 0.4) is 0 Å². The third kappa shape index (κ3) is 8.04. The summed E-state index contributed by atoms with van der Waals surface area (Å²) < 4.78 is 11.7. The molecular formula is C27H25BrN4O5. The molecule has 0 atom stereocenters. The summed E-state index contributed by atoms with van der Waals surface area (Å²) in [6.45, 7) is 6.32. The zero-order valence-electron chi connectivity index (χ0n) is 20.0. The second-order valence-corrected chi connectivity index (χ2v) is 8.31. The van der Waals surface area contributed by atoms with E-state index in [0.29, 0.717) is 36.0 Å². The van der Waals surface area contributed by atoms with E-state index in [1.165, 1.54) is 18.3 Å². The normalized spacial score (nSPS) is 10.4. The van der Waals surface area contributed by atoms with E-state index in [0.717, 1.165) is 4.47 Å². The van der Waals surface area contributed by atoms with Gasteiger partial charge in [0, 0.05) is 15.7 Å². The van der Waals surface area contributed by atoms with Crippen LogP contribution < -0.4 is 25.5 Å². The Morgan fingerprint density at radius 3 is 2.46 bits per heavy atom. The molecule has 0 aliphatic rings. The van der Waals surface area contributed by atoms with Crippen molar-refractivity contribution in [2.45, 2.75) is 6.92 Å². The topological polar surface area (TPSA) is 118 Å². The summed E-state index contributed by atoms with van der Waals surface area (Å²) in [6, 6.07) is 18.5. The molecule has 37 heavy (non-hydrogen) atoms. The third-order valence-electron chi connectivity index (χ3n) is 4.75. The van der Waals surface area contributed by atoms with E-state index in [1.807, 2.05) is 6.92 Å². The van der Waals surface area contributed by atoms with Gasteiger partial charge in [-0.25, -0.2) is 5.43 Å². The number of hydrazone groups is 1. The van der Waals surface area contributed by atoms with Gasteiger partial charge >= 0.3 is 11.8 Å². The molecule has 3 N–H and O–H groups in total. The van der Waals surface area contributed by atoms with Crippen molar-refractivity contribution >= 4 is 51.2 Å². The maximum Gasteiger partial charge on any atom is 0.329 e. The summed E-state index contributed by atoms with van der Waals surface area (Å²) in [5.74, 6) is -1.25. The van der Waals surface area contributed by atoms with Gasteiger partial charge in [-0.3, -0.25) is 14.4 Å². The van der Waals surface area contributed by atoms with Crippen molar-refractivity contribution < 1.29 is 23.9 Å². The van der Waals surface area contributed by atoms with Crippen molar-refractivity contribution in [3.63, 3.8) is 0 Å². The Kier molecular flexibility index (Phi) is 9.98. The van der Waals surface area contributed by atoms with Gasteiger partial charge in [0.1, 0.15) is 18.1 Å². The lowest BCUT2D eigenvalue weighted by Gasteiger charge is -2.11. The summed E-state index contributed by atoms with van der Waals surface area (Å²) in [5.41, 5.74) is 3.65. The van der Waals surface area contributed by atoms with Gasteiger partial charge < -0.3 is 20.1 Å². The third-order valence-corrected chi connectivity index (χ3v) is 5.24. The number of benzene rings is 3. The second kappa shape index (κ2) is 13.6. The second-order valence-electron chi connectivity index (χ2n) is 7.39. The highest BCUT2D eigenvalue weighted by atomic mass is 79.9. The molecule has 0 radical (unpaired) electrons. The first-order chi connectivity index (χ1) is 17.9. The van der Waals surface area contributed by atoms with Gasteiger partial charge in [0.2, 0.25) is 0 Å². The highest BCUT2D eigenvalue weighted by molar-refractivity contribution is 9.10. The summed E-state index contributed by atoms with van der Waals surface area (Å²) in [7, 11) is 0. The van der Waals surface area contributed by atoms with Gasteiger partial charge in [0.25, 0.3) is 5.91 Å². The molecule has 0 aliphatic carbocycles. The van der Waals surface area contributed by atoms with Gasteiger partial charge in [0.15, 0.2) is 0 Å². The number of halogens is 1. The smallest absolute Gasteiger partial charge is 0.329 e.